The normalized spacial score (nSPS) is 23.4. The Labute approximate surface area is 106 Å². The number of pyridine rings is 1. The summed E-state index contributed by atoms with van der Waals surface area (Å²) in [7, 11) is 0. The minimum absolute atomic E-state index is 0.0811. The van der Waals surface area contributed by atoms with E-state index < -0.39 is 0 Å². The molecule has 92 valence electrons. The predicted octanol–water partition coefficient (Wildman–Crippen LogP) is 2.42. The van der Waals surface area contributed by atoms with Crippen molar-refractivity contribution in [3.63, 3.8) is 0 Å². The van der Waals surface area contributed by atoms with Crippen LogP contribution in [0.5, 0.6) is 0 Å². The lowest BCUT2D eigenvalue weighted by Crippen LogP contribution is -2.28. The fourth-order valence-electron chi connectivity index (χ4n) is 2.73. The van der Waals surface area contributed by atoms with Gasteiger partial charge in [0.05, 0.1) is 0 Å². The molecule has 2 unspecified atom stereocenters. The lowest BCUT2D eigenvalue weighted by Gasteiger charge is -2.14. The van der Waals surface area contributed by atoms with E-state index in [1.807, 2.05) is 30.5 Å². The molecule has 3 rings (SSSR count). The Balaban J connectivity index is 2.06. The Kier molecular flexibility index (Phi) is 2.84. The molecule has 18 heavy (non-hydrogen) atoms. The molecular weight excluding hydrogens is 224 g/mol. The van der Waals surface area contributed by atoms with Crippen molar-refractivity contribution in [1.29, 1.82) is 0 Å². The van der Waals surface area contributed by atoms with Crippen LogP contribution in [0, 0.1) is 5.92 Å². The third-order valence-corrected chi connectivity index (χ3v) is 3.80. The second-order valence-corrected chi connectivity index (χ2v) is 4.91. The van der Waals surface area contributed by atoms with Crippen molar-refractivity contribution in [3.8, 4) is 0 Å². The molecule has 3 nitrogen and oxygen atoms in total. The van der Waals surface area contributed by atoms with Crippen LogP contribution in [-0.4, -0.2) is 23.4 Å². The zero-order chi connectivity index (χ0) is 12.5. The lowest BCUT2D eigenvalue weighted by molar-refractivity contribution is 0.0915. The van der Waals surface area contributed by atoms with E-state index in [2.05, 4.69) is 17.2 Å². The monoisotopic (exact) mass is 240 g/mol. The van der Waals surface area contributed by atoms with E-state index in [1.54, 1.807) is 6.20 Å². The van der Waals surface area contributed by atoms with Crippen LogP contribution in [-0.2, 0) is 0 Å². The summed E-state index contributed by atoms with van der Waals surface area (Å²) in [5.41, 5.74) is 0.758. The van der Waals surface area contributed by atoms with Crippen molar-refractivity contribution in [2.45, 2.75) is 19.4 Å². The fourth-order valence-corrected chi connectivity index (χ4v) is 2.73. The van der Waals surface area contributed by atoms with E-state index in [0.29, 0.717) is 0 Å². The number of nitrogens with zero attached hydrogens (tertiary/aromatic N) is 1. The predicted molar refractivity (Wildman–Crippen MR) is 71.6 cm³/mol. The van der Waals surface area contributed by atoms with Gasteiger partial charge in [0.25, 0.3) is 0 Å². The largest absolute Gasteiger partial charge is 0.313 e. The summed E-state index contributed by atoms with van der Waals surface area (Å²) in [4.78, 5) is 16.8. The topological polar surface area (TPSA) is 42.0 Å². The van der Waals surface area contributed by atoms with Crippen LogP contribution in [0.2, 0.25) is 0 Å². The first-order chi connectivity index (χ1) is 8.77. The zero-order valence-electron chi connectivity index (χ0n) is 10.4. The first-order valence-corrected chi connectivity index (χ1v) is 6.38. The van der Waals surface area contributed by atoms with Gasteiger partial charge in [-0.15, -0.1) is 0 Å². The molecule has 1 fully saturated rings. The van der Waals surface area contributed by atoms with Gasteiger partial charge in [0.15, 0.2) is 5.78 Å². The first-order valence-electron chi connectivity index (χ1n) is 6.38. The van der Waals surface area contributed by atoms with Gasteiger partial charge in [-0.3, -0.25) is 9.78 Å². The van der Waals surface area contributed by atoms with Crippen LogP contribution in [0.25, 0.3) is 10.8 Å². The Hall–Kier alpha value is -1.74. The van der Waals surface area contributed by atoms with Crippen LogP contribution >= 0.6 is 0 Å². The van der Waals surface area contributed by atoms with Gasteiger partial charge in [0.2, 0.25) is 0 Å². The molecular formula is C15H16N2O. The van der Waals surface area contributed by atoms with Crippen molar-refractivity contribution in [3.05, 3.63) is 42.2 Å². The van der Waals surface area contributed by atoms with Gasteiger partial charge in [-0.25, -0.2) is 0 Å². The maximum atomic E-state index is 12.6. The zero-order valence-corrected chi connectivity index (χ0v) is 10.4. The average Bonchev–Trinajstić information content (AvgIpc) is 2.83. The first kappa shape index (κ1) is 11.4. The van der Waals surface area contributed by atoms with E-state index in [-0.39, 0.29) is 17.7 Å². The minimum atomic E-state index is 0.0811. The number of hydrogen-bond acceptors (Lipinski definition) is 3. The lowest BCUT2D eigenvalue weighted by atomic mass is 9.90. The number of aromatic nitrogens is 1. The second kappa shape index (κ2) is 4.50. The summed E-state index contributed by atoms with van der Waals surface area (Å²) in [5, 5.41) is 5.37. The standard InChI is InChI=1S/C15H16N2O/c1-10-12(6-7-17-10)15(18)14-9-16-8-11-4-2-3-5-13(11)14/h2-5,8-10,12,17H,6-7H2,1H3. The number of benzene rings is 1. The van der Waals surface area contributed by atoms with Crippen LogP contribution in [0.3, 0.4) is 0 Å². The van der Waals surface area contributed by atoms with Crippen LogP contribution < -0.4 is 5.32 Å². The highest BCUT2D eigenvalue weighted by Crippen LogP contribution is 2.25. The molecule has 2 aromatic rings. The van der Waals surface area contributed by atoms with Crippen LogP contribution in [0.15, 0.2) is 36.7 Å². The third-order valence-electron chi connectivity index (χ3n) is 3.80. The van der Waals surface area contributed by atoms with E-state index in [9.17, 15) is 4.79 Å². The number of carbonyl (C=O) groups excluding carboxylic acids is 1. The molecule has 0 aliphatic carbocycles. The van der Waals surface area contributed by atoms with Gasteiger partial charge < -0.3 is 5.32 Å². The Morgan fingerprint density at radius 2 is 2.17 bits per heavy atom. The van der Waals surface area contributed by atoms with Crippen LogP contribution in [0.1, 0.15) is 23.7 Å². The van der Waals surface area contributed by atoms with Crippen molar-refractivity contribution in [1.82, 2.24) is 10.3 Å². The van der Waals surface area contributed by atoms with Gasteiger partial charge >= 0.3 is 0 Å². The number of hydrogen-bond donors (Lipinski definition) is 1. The van der Waals surface area contributed by atoms with Gasteiger partial charge in [-0.1, -0.05) is 24.3 Å². The van der Waals surface area contributed by atoms with Crippen LogP contribution in [0.4, 0.5) is 0 Å². The van der Waals surface area contributed by atoms with E-state index in [4.69, 9.17) is 0 Å². The fraction of sp³-hybridized carbons (Fsp3) is 0.333. The molecule has 2 atom stereocenters. The summed E-state index contributed by atoms with van der Waals surface area (Å²) in [5.74, 6) is 0.300. The third kappa shape index (κ3) is 1.81. The maximum absolute atomic E-state index is 12.6. The molecule has 0 bridgehead atoms. The quantitative estimate of drug-likeness (QED) is 0.820. The highest BCUT2D eigenvalue weighted by atomic mass is 16.1. The number of ketones is 1. The summed E-state index contributed by atoms with van der Waals surface area (Å²) in [6.07, 6.45) is 4.43. The smallest absolute Gasteiger partial charge is 0.169 e. The average molecular weight is 240 g/mol. The number of nitrogens with one attached hydrogen (secondary N) is 1. The number of rotatable bonds is 2. The van der Waals surface area contributed by atoms with Gasteiger partial charge in [0, 0.05) is 35.3 Å². The Bertz CT molecular complexity index is 589. The molecule has 1 aliphatic rings. The van der Waals surface area contributed by atoms with E-state index in [1.165, 1.54) is 0 Å². The SMILES string of the molecule is CC1NCCC1C(=O)c1cncc2ccccc12. The molecule has 2 heterocycles. The number of Topliss-reactive ketones (excluding diaryl/α,β-unsaturated/α-hetero) is 1. The molecule has 1 aromatic heterocycles. The Morgan fingerprint density at radius 1 is 1.33 bits per heavy atom. The van der Waals surface area contributed by atoms with E-state index in [0.717, 1.165) is 29.3 Å². The molecule has 0 spiro atoms. The molecule has 0 amide bonds. The molecule has 1 N–H and O–H groups in total. The van der Waals surface area contributed by atoms with Crippen molar-refractivity contribution < 1.29 is 4.79 Å². The second-order valence-electron chi connectivity index (χ2n) is 4.91. The van der Waals surface area contributed by atoms with Crippen molar-refractivity contribution in [2.24, 2.45) is 5.92 Å². The Morgan fingerprint density at radius 3 is 2.94 bits per heavy atom. The number of carbonyl (C=O) groups is 1. The summed E-state index contributed by atoms with van der Waals surface area (Å²) < 4.78 is 0. The molecule has 0 radical (unpaired) electrons. The summed E-state index contributed by atoms with van der Waals surface area (Å²) in [6.45, 7) is 3.00. The minimum Gasteiger partial charge on any atom is -0.313 e. The molecule has 1 aliphatic heterocycles. The molecule has 1 aromatic carbocycles. The highest BCUT2D eigenvalue weighted by molar-refractivity contribution is 6.08. The van der Waals surface area contributed by atoms with Crippen molar-refractivity contribution >= 4 is 16.6 Å². The van der Waals surface area contributed by atoms with E-state index >= 15 is 0 Å². The number of fused-ring (bicyclic) bond motifs is 1. The summed E-state index contributed by atoms with van der Waals surface area (Å²) >= 11 is 0. The summed E-state index contributed by atoms with van der Waals surface area (Å²) in [6, 6.07) is 8.19. The maximum Gasteiger partial charge on any atom is 0.169 e. The molecule has 0 saturated carbocycles. The highest BCUT2D eigenvalue weighted by Gasteiger charge is 2.30. The van der Waals surface area contributed by atoms with Gasteiger partial charge in [-0.2, -0.15) is 0 Å². The molecule has 1 saturated heterocycles. The van der Waals surface area contributed by atoms with Gasteiger partial charge in [-0.05, 0) is 25.3 Å². The van der Waals surface area contributed by atoms with Gasteiger partial charge in [0.1, 0.15) is 0 Å². The molecule has 3 heteroatoms. The van der Waals surface area contributed by atoms with Crippen molar-refractivity contribution in [2.75, 3.05) is 6.54 Å².